The zero-order valence-electron chi connectivity index (χ0n) is 13.8. The molecule has 0 unspecified atom stereocenters. The summed E-state index contributed by atoms with van der Waals surface area (Å²) in [6.45, 7) is 1.99. The largest absolute Gasteiger partial charge is 0.289 e. The number of carbonyl (C=O) groups is 1. The number of aryl methyl sites for hydroxylation is 1. The fraction of sp³-hybridized carbons (Fsp3) is 0.0556. The van der Waals surface area contributed by atoms with E-state index in [1.165, 1.54) is 24.4 Å². The third-order valence-electron chi connectivity index (χ3n) is 3.63. The van der Waals surface area contributed by atoms with Crippen LogP contribution in [0, 0.1) is 17.0 Å². The number of nitro benzene ring substituents is 1. The van der Waals surface area contributed by atoms with Crippen LogP contribution in [0.5, 0.6) is 0 Å². The first-order valence-corrected chi connectivity index (χ1v) is 7.73. The Morgan fingerprint density at radius 1 is 1.23 bits per heavy atom. The first kappa shape index (κ1) is 17.0. The second-order valence-corrected chi connectivity index (χ2v) is 5.58. The molecule has 0 saturated heterocycles. The summed E-state index contributed by atoms with van der Waals surface area (Å²) < 4.78 is 0. The number of nitro groups is 1. The van der Waals surface area contributed by atoms with Crippen molar-refractivity contribution < 1.29 is 9.72 Å². The van der Waals surface area contributed by atoms with Crippen LogP contribution in [0.4, 0.5) is 5.69 Å². The predicted molar refractivity (Wildman–Crippen MR) is 96.9 cm³/mol. The van der Waals surface area contributed by atoms with Crippen molar-refractivity contribution in [2.75, 3.05) is 0 Å². The molecule has 1 heterocycles. The summed E-state index contributed by atoms with van der Waals surface area (Å²) >= 11 is 0. The summed E-state index contributed by atoms with van der Waals surface area (Å²) in [4.78, 5) is 22.5. The molecule has 3 rings (SSSR count). The minimum atomic E-state index is -0.483. The van der Waals surface area contributed by atoms with Gasteiger partial charge in [0, 0.05) is 17.7 Å². The van der Waals surface area contributed by atoms with E-state index in [0.29, 0.717) is 11.3 Å². The van der Waals surface area contributed by atoms with Gasteiger partial charge in [-0.05, 0) is 18.6 Å². The Hall–Kier alpha value is -3.81. The van der Waals surface area contributed by atoms with Crippen molar-refractivity contribution in [2.45, 2.75) is 6.92 Å². The number of nitrogens with zero attached hydrogens (tertiary/aromatic N) is 3. The van der Waals surface area contributed by atoms with E-state index in [2.05, 4.69) is 20.7 Å². The van der Waals surface area contributed by atoms with Crippen LogP contribution in [0.25, 0.3) is 11.3 Å². The number of rotatable bonds is 5. The zero-order valence-corrected chi connectivity index (χ0v) is 13.8. The van der Waals surface area contributed by atoms with E-state index in [-0.39, 0.29) is 11.4 Å². The SMILES string of the molecule is Cc1ccc(/C=N\NC(=O)c2cc(-c3cccc([N+](=O)[O-])c3)n[nH]2)cc1. The van der Waals surface area contributed by atoms with Gasteiger partial charge in [0.25, 0.3) is 11.6 Å². The number of carbonyl (C=O) groups excluding carboxylic acids is 1. The Labute approximate surface area is 148 Å². The zero-order chi connectivity index (χ0) is 18.5. The van der Waals surface area contributed by atoms with Gasteiger partial charge in [-0.1, -0.05) is 42.0 Å². The molecular weight excluding hydrogens is 334 g/mol. The highest BCUT2D eigenvalue weighted by Gasteiger charge is 2.13. The lowest BCUT2D eigenvalue weighted by Crippen LogP contribution is -2.17. The molecule has 26 heavy (non-hydrogen) atoms. The van der Waals surface area contributed by atoms with Gasteiger partial charge in [0.05, 0.1) is 16.8 Å². The smallest absolute Gasteiger partial charge is 0.272 e. The Morgan fingerprint density at radius 3 is 2.73 bits per heavy atom. The van der Waals surface area contributed by atoms with Gasteiger partial charge in [-0.2, -0.15) is 10.2 Å². The van der Waals surface area contributed by atoms with Gasteiger partial charge in [-0.3, -0.25) is 20.0 Å². The first-order chi connectivity index (χ1) is 12.5. The van der Waals surface area contributed by atoms with Gasteiger partial charge in [-0.15, -0.1) is 0 Å². The van der Waals surface area contributed by atoms with Crippen molar-refractivity contribution in [3.63, 3.8) is 0 Å². The van der Waals surface area contributed by atoms with Crippen molar-refractivity contribution in [1.29, 1.82) is 0 Å². The Kier molecular flexibility index (Phi) is 4.84. The molecule has 0 atom stereocenters. The van der Waals surface area contributed by atoms with Gasteiger partial charge in [0.1, 0.15) is 5.69 Å². The standard InChI is InChI=1S/C18H15N5O3/c1-12-5-7-13(8-6-12)11-19-22-18(24)17-10-16(20-21-17)14-3-2-4-15(9-14)23(25)26/h2-11H,1H3,(H,20,21)(H,22,24)/b19-11-. The van der Waals surface area contributed by atoms with Crippen molar-refractivity contribution in [3.05, 3.63) is 81.5 Å². The second-order valence-electron chi connectivity index (χ2n) is 5.58. The van der Waals surface area contributed by atoms with Crippen LogP contribution in [0.3, 0.4) is 0 Å². The number of non-ortho nitro benzene ring substituents is 1. The number of hydrogen-bond donors (Lipinski definition) is 2. The lowest BCUT2D eigenvalue weighted by molar-refractivity contribution is -0.384. The maximum atomic E-state index is 12.1. The van der Waals surface area contributed by atoms with Crippen LogP contribution >= 0.6 is 0 Å². The van der Waals surface area contributed by atoms with Gasteiger partial charge in [-0.25, -0.2) is 5.43 Å². The number of hydrogen-bond acceptors (Lipinski definition) is 5. The Bertz CT molecular complexity index is 977. The molecule has 2 aromatic carbocycles. The molecule has 0 fully saturated rings. The second kappa shape index (κ2) is 7.39. The molecule has 0 aliphatic heterocycles. The summed E-state index contributed by atoms with van der Waals surface area (Å²) in [6, 6.07) is 15.2. The first-order valence-electron chi connectivity index (χ1n) is 7.73. The highest BCUT2D eigenvalue weighted by molar-refractivity contribution is 5.94. The Morgan fingerprint density at radius 2 is 2.00 bits per heavy atom. The molecular formula is C18H15N5O3. The molecule has 3 aromatic rings. The maximum Gasteiger partial charge on any atom is 0.289 e. The molecule has 0 bridgehead atoms. The quantitative estimate of drug-likeness (QED) is 0.418. The fourth-order valence-electron chi connectivity index (χ4n) is 2.24. The molecule has 0 saturated carbocycles. The monoisotopic (exact) mass is 349 g/mol. The van der Waals surface area contributed by atoms with Crippen LogP contribution in [0.15, 0.2) is 59.7 Å². The molecule has 2 N–H and O–H groups in total. The number of aromatic nitrogens is 2. The summed E-state index contributed by atoms with van der Waals surface area (Å²) in [5.41, 5.74) is 5.53. The Balaban J connectivity index is 1.69. The van der Waals surface area contributed by atoms with Crippen molar-refractivity contribution in [2.24, 2.45) is 5.10 Å². The minimum Gasteiger partial charge on any atom is -0.272 e. The summed E-state index contributed by atoms with van der Waals surface area (Å²) in [5, 5.41) is 21.4. The van der Waals surface area contributed by atoms with Crippen LogP contribution in [0.1, 0.15) is 21.6 Å². The number of aromatic amines is 1. The van der Waals surface area contributed by atoms with E-state index in [4.69, 9.17) is 0 Å². The van der Waals surface area contributed by atoms with Crippen molar-refractivity contribution in [3.8, 4) is 11.3 Å². The van der Waals surface area contributed by atoms with E-state index >= 15 is 0 Å². The van der Waals surface area contributed by atoms with E-state index < -0.39 is 10.8 Å². The van der Waals surface area contributed by atoms with Crippen molar-refractivity contribution >= 4 is 17.8 Å². The van der Waals surface area contributed by atoms with Gasteiger partial charge in [0.15, 0.2) is 0 Å². The molecule has 1 aromatic heterocycles. The molecule has 0 aliphatic carbocycles. The number of nitrogens with one attached hydrogen (secondary N) is 2. The molecule has 8 nitrogen and oxygen atoms in total. The van der Waals surface area contributed by atoms with Crippen LogP contribution in [-0.2, 0) is 0 Å². The van der Waals surface area contributed by atoms with Gasteiger partial charge >= 0.3 is 0 Å². The molecule has 0 radical (unpaired) electrons. The molecule has 0 aliphatic rings. The highest BCUT2D eigenvalue weighted by Crippen LogP contribution is 2.22. The fourth-order valence-corrected chi connectivity index (χ4v) is 2.24. The minimum absolute atomic E-state index is 0.0424. The number of hydrazone groups is 1. The average molecular weight is 349 g/mol. The molecule has 130 valence electrons. The van der Waals surface area contributed by atoms with Crippen LogP contribution in [0.2, 0.25) is 0 Å². The van der Waals surface area contributed by atoms with Gasteiger partial charge in [0.2, 0.25) is 0 Å². The van der Waals surface area contributed by atoms with E-state index in [0.717, 1.165) is 11.1 Å². The lowest BCUT2D eigenvalue weighted by atomic mass is 10.1. The molecule has 1 amide bonds. The number of amides is 1. The third-order valence-corrected chi connectivity index (χ3v) is 3.63. The average Bonchev–Trinajstić information content (AvgIpc) is 3.14. The van der Waals surface area contributed by atoms with Gasteiger partial charge < -0.3 is 0 Å². The lowest BCUT2D eigenvalue weighted by Gasteiger charge is -1.97. The van der Waals surface area contributed by atoms with E-state index in [1.807, 2.05) is 31.2 Å². The van der Waals surface area contributed by atoms with E-state index in [9.17, 15) is 14.9 Å². The molecule has 8 heteroatoms. The summed E-state index contributed by atoms with van der Waals surface area (Å²) in [5.74, 6) is -0.461. The summed E-state index contributed by atoms with van der Waals surface area (Å²) in [7, 11) is 0. The van der Waals surface area contributed by atoms with E-state index in [1.54, 1.807) is 12.1 Å². The predicted octanol–water partition coefficient (Wildman–Crippen LogP) is 3.06. The summed E-state index contributed by atoms with van der Waals surface area (Å²) in [6.07, 6.45) is 1.54. The maximum absolute atomic E-state index is 12.1. The van der Waals surface area contributed by atoms with Crippen LogP contribution in [-0.4, -0.2) is 27.2 Å². The highest BCUT2D eigenvalue weighted by atomic mass is 16.6. The number of H-pyrrole nitrogens is 1. The number of benzene rings is 2. The topological polar surface area (TPSA) is 113 Å². The van der Waals surface area contributed by atoms with Crippen molar-refractivity contribution in [1.82, 2.24) is 15.6 Å². The third kappa shape index (κ3) is 3.99. The molecule has 0 spiro atoms. The van der Waals surface area contributed by atoms with Crippen LogP contribution < -0.4 is 5.43 Å². The normalized spacial score (nSPS) is 10.8.